The van der Waals surface area contributed by atoms with Crippen LogP contribution in [0.4, 0.5) is 19.0 Å². The molecule has 5 rings (SSSR count). The number of anilines is 1. The number of alkyl halides is 1. The summed E-state index contributed by atoms with van der Waals surface area (Å²) in [7, 11) is 0. The minimum Gasteiger partial charge on any atom is -0.361 e. The summed E-state index contributed by atoms with van der Waals surface area (Å²) in [4.78, 5) is 20.6. The smallest absolute Gasteiger partial charge is 0.251 e. The number of aromatic nitrogens is 3. The van der Waals surface area contributed by atoms with Crippen LogP contribution in [0.3, 0.4) is 0 Å². The largest absolute Gasteiger partial charge is 0.361 e. The van der Waals surface area contributed by atoms with Gasteiger partial charge >= 0.3 is 0 Å². The maximum atomic E-state index is 14.6. The van der Waals surface area contributed by atoms with Gasteiger partial charge < -0.3 is 16.0 Å². The molecule has 7 nitrogen and oxygen atoms in total. The van der Waals surface area contributed by atoms with Crippen molar-refractivity contribution in [2.24, 2.45) is 0 Å². The first-order chi connectivity index (χ1) is 15.0. The first-order valence-corrected chi connectivity index (χ1v) is 10.3. The lowest BCUT2D eigenvalue weighted by Gasteiger charge is -2.28. The van der Waals surface area contributed by atoms with Gasteiger partial charge in [0.25, 0.3) is 5.91 Å². The van der Waals surface area contributed by atoms with E-state index in [9.17, 15) is 18.0 Å². The number of piperidine rings is 1. The first-order valence-electron chi connectivity index (χ1n) is 10.3. The molecule has 1 saturated heterocycles. The number of carbonyl (C=O) groups excluding carboxylic acids is 1. The normalized spacial score (nSPS) is 21.3. The van der Waals surface area contributed by atoms with E-state index in [1.807, 2.05) is 0 Å². The molecule has 1 aliphatic heterocycles. The van der Waals surface area contributed by atoms with E-state index in [4.69, 9.17) is 0 Å². The van der Waals surface area contributed by atoms with E-state index in [-0.39, 0.29) is 23.5 Å². The number of hydrogen-bond acceptors (Lipinski definition) is 5. The van der Waals surface area contributed by atoms with Crippen LogP contribution in [0, 0.1) is 11.6 Å². The molecule has 2 atom stereocenters. The molecule has 162 valence electrons. The van der Waals surface area contributed by atoms with Gasteiger partial charge in [0, 0.05) is 30.4 Å². The SMILES string of the molecule is O=C(NC1CC1)c1ccn2c(-c3nc(N[C@@H]4CNCC[C@H]4F)c(F)cc3F)cnc2c1. The van der Waals surface area contributed by atoms with Crippen molar-refractivity contribution in [3.63, 3.8) is 0 Å². The van der Waals surface area contributed by atoms with Crippen LogP contribution < -0.4 is 16.0 Å². The highest BCUT2D eigenvalue weighted by molar-refractivity contribution is 5.95. The molecule has 0 bridgehead atoms. The quantitative estimate of drug-likeness (QED) is 0.580. The standard InChI is InChI=1S/C21H21F3N6O/c22-13-3-5-25-9-16(13)28-20-15(24)8-14(23)19(29-20)17-10-26-18-7-11(4-6-30(17)18)21(31)27-12-1-2-12/h4,6-8,10,12-13,16,25H,1-3,5,9H2,(H,27,31)(H,28,29)/t13-,16-/m1/s1. The van der Waals surface area contributed by atoms with E-state index in [1.54, 1.807) is 22.7 Å². The fourth-order valence-corrected chi connectivity index (χ4v) is 3.68. The molecule has 0 radical (unpaired) electrons. The van der Waals surface area contributed by atoms with E-state index in [1.165, 1.54) is 6.20 Å². The molecule has 31 heavy (non-hydrogen) atoms. The fraction of sp³-hybridized carbons (Fsp3) is 0.381. The molecule has 10 heteroatoms. The zero-order valence-electron chi connectivity index (χ0n) is 16.5. The number of halogens is 3. The molecular formula is C21H21F3N6O. The van der Waals surface area contributed by atoms with Crippen molar-refractivity contribution in [2.75, 3.05) is 18.4 Å². The van der Waals surface area contributed by atoms with Crippen LogP contribution in [0.5, 0.6) is 0 Å². The van der Waals surface area contributed by atoms with Gasteiger partial charge in [-0.3, -0.25) is 9.20 Å². The third kappa shape index (κ3) is 3.95. The highest BCUT2D eigenvalue weighted by Crippen LogP contribution is 2.27. The summed E-state index contributed by atoms with van der Waals surface area (Å²) in [5.41, 5.74) is 1.05. The third-order valence-corrected chi connectivity index (χ3v) is 5.58. The number of pyridine rings is 2. The molecule has 2 fully saturated rings. The van der Waals surface area contributed by atoms with Crippen LogP contribution in [-0.4, -0.2) is 51.6 Å². The molecule has 1 aliphatic carbocycles. The Bertz CT molecular complexity index is 1150. The van der Waals surface area contributed by atoms with Gasteiger partial charge in [0.1, 0.15) is 17.5 Å². The lowest BCUT2D eigenvalue weighted by atomic mass is 10.1. The van der Waals surface area contributed by atoms with E-state index >= 15 is 0 Å². The van der Waals surface area contributed by atoms with Crippen molar-refractivity contribution in [2.45, 2.75) is 37.5 Å². The Balaban J connectivity index is 1.46. The van der Waals surface area contributed by atoms with Gasteiger partial charge in [-0.15, -0.1) is 0 Å². The summed E-state index contributed by atoms with van der Waals surface area (Å²) in [6.07, 6.45) is 4.11. The second-order valence-corrected chi connectivity index (χ2v) is 7.94. The molecule has 0 aromatic carbocycles. The molecule has 4 heterocycles. The van der Waals surface area contributed by atoms with Crippen molar-refractivity contribution in [3.8, 4) is 11.4 Å². The Hall–Kier alpha value is -3.14. The van der Waals surface area contributed by atoms with E-state index in [0.717, 1.165) is 18.9 Å². The Morgan fingerprint density at radius 3 is 2.81 bits per heavy atom. The van der Waals surface area contributed by atoms with Crippen LogP contribution >= 0.6 is 0 Å². The monoisotopic (exact) mass is 430 g/mol. The zero-order chi connectivity index (χ0) is 21.5. The average Bonchev–Trinajstić information content (AvgIpc) is 3.47. The number of nitrogens with zero attached hydrogens (tertiary/aromatic N) is 3. The molecule has 3 aromatic rings. The average molecular weight is 430 g/mol. The Morgan fingerprint density at radius 1 is 1.19 bits per heavy atom. The molecule has 1 saturated carbocycles. The van der Waals surface area contributed by atoms with E-state index < -0.39 is 23.8 Å². The fourth-order valence-electron chi connectivity index (χ4n) is 3.68. The maximum Gasteiger partial charge on any atom is 0.251 e. The summed E-state index contributed by atoms with van der Waals surface area (Å²) < 4.78 is 44.7. The van der Waals surface area contributed by atoms with Gasteiger partial charge in [-0.2, -0.15) is 0 Å². The number of rotatable bonds is 5. The summed E-state index contributed by atoms with van der Waals surface area (Å²) in [5, 5.41) is 8.70. The number of hydrogen-bond donors (Lipinski definition) is 3. The summed E-state index contributed by atoms with van der Waals surface area (Å²) in [6.45, 7) is 0.864. The Kier molecular flexibility index (Phi) is 5.01. The van der Waals surface area contributed by atoms with Gasteiger partial charge in [-0.1, -0.05) is 0 Å². The third-order valence-electron chi connectivity index (χ3n) is 5.58. The van der Waals surface area contributed by atoms with Crippen LogP contribution in [0.1, 0.15) is 29.6 Å². The topological polar surface area (TPSA) is 83.4 Å². The van der Waals surface area contributed by atoms with E-state index in [2.05, 4.69) is 25.9 Å². The second-order valence-electron chi connectivity index (χ2n) is 7.94. The first kappa shape index (κ1) is 19.8. The molecule has 0 spiro atoms. The zero-order valence-corrected chi connectivity index (χ0v) is 16.5. The maximum absolute atomic E-state index is 14.6. The predicted octanol–water partition coefficient (Wildman–Crippen LogP) is 2.68. The van der Waals surface area contributed by atoms with Gasteiger partial charge in [0.15, 0.2) is 17.5 Å². The number of imidazole rings is 1. The number of carbonyl (C=O) groups is 1. The van der Waals surface area contributed by atoms with E-state index in [0.29, 0.717) is 36.4 Å². The van der Waals surface area contributed by atoms with Crippen LogP contribution in [0.2, 0.25) is 0 Å². The molecule has 0 unspecified atom stereocenters. The number of amides is 1. The number of nitrogens with one attached hydrogen (secondary N) is 3. The summed E-state index contributed by atoms with van der Waals surface area (Å²) in [5.74, 6) is -2.16. The van der Waals surface area contributed by atoms with Crippen molar-refractivity contribution in [1.82, 2.24) is 25.0 Å². The van der Waals surface area contributed by atoms with Gasteiger partial charge in [0.05, 0.1) is 17.9 Å². The summed E-state index contributed by atoms with van der Waals surface area (Å²) >= 11 is 0. The second kappa shape index (κ2) is 7.84. The van der Waals surface area contributed by atoms with Gasteiger partial charge in [-0.05, 0) is 37.9 Å². The molecule has 2 aliphatic rings. The Labute approximate surface area is 176 Å². The minimum absolute atomic E-state index is 0.120. The van der Waals surface area contributed by atoms with Crippen LogP contribution in [0.15, 0.2) is 30.6 Å². The molecular weight excluding hydrogens is 409 g/mol. The van der Waals surface area contributed by atoms with Crippen molar-refractivity contribution in [3.05, 3.63) is 47.8 Å². The predicted molar refractivity (Wildman–Crippen MR) is 109 cm³/mol. The lowest BCUT2D eigenvalue weighted by Crippen LogP contribution is -2.46. The highest BCUT2D eigenvalue weighted by atomic mass is 19.1. The highest BCUT2D eigenvalue weighted by Gasteiger charge is 2.27. The lowest BCUT2D eigenvalue weighted by molar-refractivity contribution is 0.0951. The van der Waals surface area contributed by atoms with Crippen molar-refractivity contribution >= 4 is 17.4 Å². The summed E-state index contributed by atoms with van der Waals surface area (Å²) in [6, 6.07) is 3.50. The molecule has 3 N–H and O–H groups in total. The van der Waals surface area contributed by atoms with Gasteiger partial charge in [-0.25, -0.2) is 23.1 Å². The van der Waals surface area contributed by atoms with Crippen LogP contribution in [0.25, 0.3) is 17.0 Å². The molecule has 3 aromatic heterocycles. The van der Waals surface area contributed by atoms with Crippen LogP contribution in [-0.2, 0) is 0 Å². The van der Waals surface area contributed by atoms with Crippen molar-refractivity contribution in [1.29, 1.82) is 0 Å². The Morgan fingerprint density at radius 2 is 2.03 bits per heavy atom. The van der Waals surface area contributed by atoms with Crippen molar-refractivity contribution < 1.29 is 18.0 Å². The minimum atomic E-state index is -1.16. The molecule has 1 amide bonds. The number of fused-ring (bicyclic) bond motifs is 1. The van der Waals surface area contributed by atoms with Gasteiger partial charge in [0.2, 0.25) is 0 Å².